The van der Waals surface area contributed by atoms with Crippen molar-refractivity contribution >= 4 is 0 Å². The second kappa shape index (κ2) is 5.45. The van der Waals surface area contributed by atoms with Gasteiger partial charge >= 0.3 is 0 Å². The van der Waals surface area contributed by atoms with E-state index in [1.165, 1.54) is 36.4 Å². The average molecular weight is 311 g/mol. The third-order valence-electron chi connectivity index (χ3n) is 3.19. The molecule has 0 aliphatic carbocycles. The Hall–Kier alpha value is -3.35. The fourth-order valence-electron chi connectivity index (χ4n) is 2.14. The van der Waals surface area contributed by atoms with Crippen molar-refractivity contribution in [2.45, 2.75) is 6.92 Å². The summed E-state index contributed by atoms with van der Waals surface area (Å²) in [5.74, 6) is 0.315. The molecule has 0 atom stereocenters. The van der Waals surface area contributed by atoms with Crippen LogP contribution in [0.25, 0.3) is 22.8 Å². The van der Waals surface area contributed by atoms with Crippen LogP contribution in [0.3, 0.4) is 0 Å². The lowest BCUT2D eigenvalue weighted by atomic mass is 10.1. The van der Waals surface area contributed by atoms with E-state index in [9.17, 15) is 20.4 Å². The highest BCUT2D eigenvalue weighted by Gasteiger charge is 2.14. The van der Waals surface area contributed by atoms with Crippen LogP contribution < -0.4 is 0 Å². The Balaban J connectivity index is 2.16. The minimum atomic E-state index is -0.170. The normalized spacial score (nSPS) is 10.7. The van der Waals surface area contributed by atoms with Gasteiger partial charge in [0, 0.05) is 12.1 Å². The molecule has 2 aromatic carbocycles. The Morgan fingerprint density at radius 3 is 1.48 bits per heavy atom. The van der Waals surface area contributed by atoms with E-state index < -0.39 is 0 Å². The van der Waals surface area contributed by atoms with Crippen molar-refractivity contribution < 1.29 is 20.4 Å². The second-order valence-electron chi connectivity index (χ2n) is 4.93. The van der Waals surface area contributed by atoms with Crippen LogP contribution in [-0.2, 0) is 0 Å². The smallest absolute Gasteiger partial charge is 0.167 e. The molecule has 0 amide bonds. The van der Waals surface area contributed by atoms with Crippen LogP contribution in [-0.4, -0.2) is 35.4 Å². The van der Waals surface area contributed by atoms with Gasteiger partial charge in [0.1, 0.15) is 28.8 Å². The van der Waals surface area contributed by atoms with E-state index in [0.717, 1.165) is 0 Å². The fraction of sp³-hybridized carbons (Fsp3) is 0.0625. The Kier molecular flexibility index (Phi) is 3.46. The highest BCUT2D eigenvalue weighted by molar-refractivity contribution is 5.69. The third kappa shape index (κ3) is 2.84. The zero-order valence-corrected chi connectivity index (χ0v) is 12.1. The number of rotatable bonds is 2. The molecule has 0 spiro atoms. The predicted octanol–water partition coefficient (Wildman–Crippen LogP) is 2.34. The molecule has 4 N–H and O–H groups in total. The SMILES string of the molecule is Cc1nc(-c2ccc(O)cc2O)nc(-c2ccc(O)cc2O)n1. The molecular weight excluding hydrogens is 298 g/mol. The molecule has 3 rings (SSSR count). The fourth-order valence-corrected chi connectivity index (χ4v) is 2.14. The van der Waals surface area contributed by atoms with E-state index in [1.54, 1.807) is 6.92 Å². The summed E-state index contributed by atoms with van der Waals surface area (Å²) in [6.07, 6.45) is 0. The monoisotopic (exact) mass is 311 g/mol. The first kappa shape index (κ1) is 14.6. The molecule has 23 heavy (non-hydrogen) atoms. The van der Waals surface area contributed by atoms with Gasteiger partial charge in [0.05, 0.1) is 11.1 Å². The van der Waals surface area contributed by atoms with Crippen molar-refractivity contribution in [3.63, 3.8) is 0 Å². The lowest BCUT2D eigenvalue weighted by Crippen LogP contribution is -1.99. The van der Waals surface area contributed by atoms with Gasteiger partial charge in [-0.1, -0.05) is 0 Å². The van der Waals surface area contributed by atoms with Gasteiger partial charge in [-0.3, -0.25) is 0 Å². The van der Waals surface area contributed by atoms with Crippen LogP contribution in [0.5, 0.6) is 23.0 Å². The number of phenolic OH excluding ortho intramolecular Hbond substituents is 4. The summed E-state index contributed by atoms with van der Waals surface area (Å²) >= 11 is 0. The maximum atomic E-state index is 9.95. The zero-order valence-electron chi connectivity index (χ0n) is 12.1. The lowest BCUT2D eigenvalue weighted by Gasteiger charge is -2.08. The number of aromatic nitrogens is 3. The van der Waals surface area contributed by atoms with Gasteiger partial charge in [0.25, 0.3) is 0 Å². The highest BCUT2D eigenvalue weighted by Crippen LogP contribution is 2.33. The first-order valence-electron chi connectivity index (χ1n) is 6.71. The Bertz CT molecular complexity index is 827. The van der Waals surface area contributed by atoms with Crippen molar-refractivity contribution in [3.8, 4) is 45.8 Å². The van der Waals surface area contributed by atoms with Crippen molar-refractivity contribution in [3.05, 3.63) is 42.2 Å². The second-order valence-corrected chi connectivity index (χ2v) is 4.93. The van der Waals surface area contributed by atoms with E-state index in [4.69, 9.17) is 0 Å². The van der Waals surface area contributed by atoms with Crippen LogP contribution in [0, 0.1) is 6.92 Å². The van der Waals surface area contributed by atoms with Crippen LogP contribution in [0.4, 0.5) is 0 Å². The molecule has 1 heterocycles. The highest BCUT2D eigenvalue weighted by atomic mass is 16.3. The topological polar surface area (TPSA) is 120 Å². The molecule has 3 aromatic rings. The molecule has 0 saturated heterocycles. The standard InChI is InChI=1S/C16H13N3O4/c1-8-17-15(11-4-2-9(20)6-13(11)22)19-16(18-8)12-5-3-10(21)7-14(12)23/h2-7,20-23H,1H3. The van der Waals surface area contributed by atoms with Crippen molar-refractivity contribution in [2.24, 2.45) is 0 Å². The molecular formula is C16H13N3O4. The molecule has 0 bridgehead atoms. The molecule has 1 aromatic heterocycles. The largest absolute Gasteiger partial charge is 0.508 e. The average Bonchev–Trinajstić information content (AvgIpc) is 2.46. The Morgan fingerprint density at radius 2 is 1.09 bits per heavy atom. The predicted molar refractivity (Wildman–Crippen MR) is 82.1 cm³/mol. The number of hydrogen-bond donors (Lipinski definition) is 4. The van der Waals surface area contributed by atoms with Gasteiger partial charge in [0.15, 0.2) is 11.6 Å². The summed E-state index contributed by atoms with van der Waals surface area (Å²) in [6.45, 7) is 1.66. The van der Waals surface area contributed by atoms with Crippen molar-refractivity contribution in [2.75, 3.05) is 0 Å². The molecule has 0 aliphatic heterocycles. The van der Waals surface area contributed by atoms with E-state index >= 15 is 0 Å². The number of hydrogen-bond acceptors (Lipinski definition) is 7. The van der Waals surface area contributed by atoms with Gasteiger partial charge in [-0.15, -0.1) is 0 Å². The summed E-state index contributed by atoms with van der Waals surface area (Å²) in [5.41, 5.74) is 0.653. The minimum absolute atomic E-state index is 0.0755. The number of aromatic hydroxyl groups is 4. The summed E-state index contributed by atoms with van der Waals surface area (Å²) in [5, 5.41) is 38.6. The van der Waals surface area contributed by atoms with Crippen LogP contribution in [0.15, 0.2) is 36.4 Å². The molecule has 0 saturated carbocycles. The minimum Gasteiger partial charge on any atom is -0.508 e. The van der Waals surface area contributed by atoms with Gasteiger partial charge < -0.3 is 20.4 Å². The summed E-state index contributed by atoms with van der Waals surface area (Å²) in [6, 6.07) is 8.16. The molecule has 0 unspecified atom stereocenters. The van der Waals surface area contributed by atoms with Gasteiger partial charge in [-0.05, 0) is 31.2 Å². The van der Waals surface area contributed by atoms with Gasteiger partial charge in [0.2, 0.25) is 0 Å². The molecule has 116 valence electrons. The van der Waals surface area contributed by atoms with Crippen LogP contribution in [0.1, 0.15) is 5.82 Å². The zero-order chi connectivity index (χ0) is 16.6. The quantitative estimate of drug-likeness (QED) is 0.573. The first-order chi connectivity index (χ1) is 10.9. The summed E-state index contributed by atoms with van der Waals surface area (Å²) in [7, 11) is 0. The van der Waals surface area contributed by atoms with E-state index in [0.29, 0.717) is 17.0 Å². The first-order valence-corrected chi connectivity index (χ1v) is 6.71. The Morgan fingerprint density at radius 1 is 0.652 bits per heavy atom. The number of aryl methyl sites for hydroxylation is 1. The molecule has 0 radical (unpaired) electrons. The molecule has 0 aliphatic rings. The van der Waals surface area contributed by atoms with Gasteiger partial charge in [-0.25, -0.2) is 15.0 Å². The van der Waals surface area contributed by atoms with E-state index in [-0.39, 0.29) is 34.6 Å². The number of phenols is 4. The Labute approximate surface area is 131 Å². The van der Waals surface area contributed by atoms with E-state index in [1.807, 2.05) is 0 Å². The number of benzene rings is 2. The molecule has 0 fully saturated rings. The third-order valence-corrected chi connectivity index (χ3v) is 3.19. The van der Waals surface area contributed by atoms with Crippen molar-refractivity contribution in [1.29, 1.82) is 0 Å². The van der Waals surface area contributed by atoms with Crippen LogP contribution >= 0.6 is 0 Å². The summed E-state index contributed by atoms with van der Waals surface area (Å²) in [4.78, 5) is 12.6. The maximum absolute atomic E-state index is 9.95. The maximum Gasteiger partial charge on any atom is 0.167 e. The van der Waals surface area contributed by atoms with E-state index in [2.05, 4.69) is 15.0 Å². The molecule has 7 heteroatoms. The lowest BCUT2D eigenvalue weighted by molar-refractivity contribution is 0.451. The van der Waals surface area contributed by atoms with Gasteiger partial charge in [-0.2, -0.15) is 0 Å². The molecule has 7 nitrogen and oxygen atoms in total. The van der Waals surface area contributed by atoms with Crippen molar-refractivity contribution in [1.82, 2.24) is 15.0 Å². The van der Waals surface area contributed by atoms with Crippen LogP contribution in [0.2, 0.25) is 0 Å². The number of nitrogens with zero attached hydrogens (tertiary/aromatic N) is 3. The summed E-state index contributed by atoms with van der Waals surface area (Å²) < 4.78 is 0.